The fraction of sp³-hybridized carbons (Fsp3) is 0.500. The van der Waals surface area contributed by atoms with Crippen LogP contribution in [0.1, 0.15) is 19.3 Å². The predicted molar refractivity (Wildman–Crippen MR) is 59.9 cm³/mol. The van der Waals surface area contributed by atoms with Gasteiger partial charge in [-0.05, 0) is 30.9 Å². The first kappa shape index (κ1) is 10.1. The Kier molecular flexibility index (Phi) is 3.33. The predicted octanol–water partition coefficient (Wildman–Crippen LogP) is 1.89. The van der Waals surface area contributed by atoms with Gasteiger partial charge in [0.2, 0.25) is 0 Å². The Morgan fingerprint density at radius 3 is 2.60 bits per heavy atom. The summed E-state index contributed by atoms with van der Waals surface area (Å²) in [5.41, 5.74) is 1.24. The van der Waals surface area contributed by atoms with Crippen molar-refractivity contribution in [1.29, 1.82) is 0 Å². The zero-order valence-electron chi connectivity index (χ0n) is 8.80. The molecule has 3 nitrogen and oxygen atoms in total. The third kappa shape index (κ3) is 2.55. The number of aromatic nitrogens is 1. The molecule has 1 aromatic heterocycles. The summed E-state index contributed by atoms with van der Waals surface area (Å²) >= 11 is 0. The number of carbonyl (C=O) groups excluding carboxylic acids is 1. The number of aldehydes is 1. The van der Waals surface area contributed by atoms with Crippen LogP contribution in [0.4, 0.5) is 5.69 Å². The van der Waals surface area contributed by atoms with Gasteiger partial charge in [-0.3, -0.25) is 4.98 Å². The molecule has 0 amide bonds. The lowest BCUT2D eigenvalue weighted by Gasteiger charge is -2.32. The van der Waals surface area contributed by atoms with Crippen LogP contribution in [0, 0.1) is 5.92 Å². The number of anilines is 1. The Balaban J connectivity index is 1.91. The second kappa shape index (κ2) is 4.91. The SMILES string of the molecule is O=CCC1CCN(c2ccncc2)CC1. The number of carbonyl (C=O) groups is 1. The van der Waals surface area contributed by atoms with Crippen molar-refractivity contribution in [2.75, 3.05) is 18.0 Å². The van der Waals surface area contributed by atoms with E-state index < -0.39 is 0 Å². The average Bonchev–Trinajstić information content (AvgIpc) is 2.32. The lowest BCUT2D eigenvalue weighted by atomic mass is 9.94. The molecule has 0 radical (unpaired) electrons. The van der Waals surface area contributed by atoms with Crippen LogP contribution >= 0.6 is 0 Å². The highest BCUT2D eigenvalue weighted by molar-refractivity contribution is 5.50. The zero-order valence-corrected chi connectivity index (χ0v) is 8.80. The minimum Gasteiger partial charge on any atom is -0.371 e. The highest BCUT2D eigenvalue weighted by Gasteiger charge is 2.18. The second-order valence-electron chi connectivity index (χ2n) is 4.04. The first-order chi connectivity index (χ1) is 7.40. The number of hydrogen-bond acceptors (Lipinski definition) is 3. The van der Waals surface area contributed by atoms with E-state index in [4.69, 9.17) is 0 Å². The summed E-state index contributed by atoms with van der Waals surface area (Å²) in [7, 11) is 0. The number of piperidine rings is 1. The molecule has 1 aliphatic heterocycles. The molecule has 0 atom stereocenters. The Morgan fingerprint density at radius 1 is 1.33 bits per heavy atom. The molecular formula is C12H16N2O. The van der Waals surface area contributed by atoms with Crippen LogP contribution in [0.5, 0.6) is 0 Å². The molecule has 2 rings (SSSR count). The molecule has 0 saturated carbocycles. The number of hydrogen-bond donors (Lipinski definition) is 0. The molecule has 3 heteroatoms. The number of rotatable bonds is 3. The van der Waals surface area contributed by atoms with E-state index in [0.717, 1.165) is 38.6 Å². The first-order valence-electron chi connectivity index (χ1n) is 5.49. The maximum absolute atomic E-state index is 10.4. The van der Waals surface area contributed by atoms with Crippen LogP contribution < -0.4 is 4.90 Å². The summed E-state index contributed by atoms with van der Waals surface area (Å²) in [5.74, 6) is 0.598. The molecular weight excluding hydrogens is 188 g/mol. The van der Waals surface area contributed by atoms with Gasteiger partial charge in [0.05, 0.1) is 0 Å². The van der Waals surface area contributed by atoms with Gasteiger partial charge in [-0.2, -0.15) is 0 Å². The molecule has 1 aliphatic rings. The van der Waals surface area contributed by atoms with E-state index >= 15 is 0 Å². The quantitative estimate of drug-likeness (QED) is 0.705. The fourth-order valence-electron chi connectivity index (χ4n) is 2.12. The van der Waals surface area contributed by atoms with Crippen molar-refractivity contribution in [3.05, 3.63) is 24.5 Å². The van der Waals surface area contributed by atoms with Crippen molar-refractivity contribution in [3.8, 4) is 0 Å². The zero-order chi connectivity index (χ0) is 10.5. The Hall–Kier alpha value is -1.38. The molecule has 80 valence electrons. The Morgan fingerprint density at radius 2 is 2.00 bits per heavy atom. The summed E-state index contributed by atoms with van der Waals surface area (Å²) in [5, 5.41) is 0. The lowest BCUT2D eigenvalue weighted by Crippen LogP contribution is -2.33. The van der Waals surface area contributed by atoms with Crippen molar-refractivity contribution < 1.29 is 4.79 Å². The van der Waals surface area contributed by atoms with Crippen LogP contribution in [-0.4, -0.2) is 24.4 Å². The molecule has 0 unspecified atom stereocenters. The van der Waals surface area contributed by atoms with Crippen LogP contribution in [0.15, 0.2) is 24.5 Å². The van der Waals surface area contributed by atoms with Crippen molar-refractivity contribution in [2.24, 2.45) is 5.92 Å². The largest absolute Gasteiger partial charge is 0.371 e. The highest BCUT2D eigenvalue weighted by atomic mass is 16.1. The number of nitrogens with zero attached hydrogens (tertiary/aromatic N) is 2. The van der Waals surface area contributed by atoms with Gasteiger partial charge in [-0.25, -0.2) is 0 Å². The summed E-state index contributed by atoms with van der Waals surface area (Å²) in [6.45, 7) is 2.12. The Labute approximate surface area is 90.1 Å². The summed E-state index contributed by atoms with van der Waals surface area (Å²) in [6.07, 6.45) is 7.68. The molecule has 0 bridgehead atoms. The van der Waals surface area contributed by atoms with Gasteiger partial charge in [0.1, 0.15) is 6.29 Å². The van der Waals surface area contributed by atoms with Crippen molar-refractivity contribution >= 4 is 12.0 Å². The second-order valence-corrected chi connectivity index (χ2v) is 4.04. The van der Waals surface area contributed by atoms with E-state index in [9.17, 15) is 4.79 Å². The molecule has 2 heterocycles. The Bertz CT molecular complexity index is 305. The van der Waals surface area contributed by atoms with E-state index in [-0.39, 0.29) is 0 Å². The van der Waals surface area contributed by atoms with Gasteiger partial charge in [0.25, 0.3) is 0 Å². The van der Waals surface area contributed by atoms with Gasteiger partial charge in [-0.15, -0.1) is 0 Å². The van der Waals surface area contributed by atoms with Crippen molar-refractivity contribution in [1.82, 2.24) is 4.98 Å². The summed E-state index contributed by atoms with van der Waals surface area (Å²) in [6, 6.07) is 4.08. The highest BCUT2D eigenvalue weighted by Crippen LogP contribution is 2.23. The standard InChI is InChI=1S/C12H16N2O/c15-10-5-11-3-8-14(9-4-11)12-1-6-13-7-2-12/h1-2,6-7,10-11H,3-5,8-9H2. The maximum Gasteiger partial charge on any atom is 0.120 e. The summed E-state index contributed by atoms with van der Waals surface area (Å²) in [4.78, 5) is 16.8. The van der Waals surface area contributed by atoms with E-state index in [1.807, 2.05) is 24.5 Å². The monoisotopic (exact) mass is 204 g/mol. The van der Waals surface area contributed by atoms with Gasteiger partial charge in [-0.1, -0.05) is 0 Å². The van der Waals surface area contributed by atoms with Crippen molar-refractivity contribution in [2.45, 2.75) is 19.3 Å². The van der Waals surface area contributed by atoms with Crippen molar-refractivity contribution in [3.63, 3.8) is 0 Å². The van der Waals surface area contributed by atoms with E-state index in [1.54, 1.807) is 0 Å². The third-order valence-corrected chi connectivity index (χ3v) is 3.07. The van der Waals surface area contributed by atoms with E-state index in [0.29, 0.717) is 5.92 Å². The topological polar surface area (TPSA) is 33.2 Å². The minimum absolute atomic E-state index is 0.598. The van der Waals surface area contributed by atoms with Crippen LogP contribution in [-0.2, 0) is 4.79 Å². The smallest absolute Gasteiger partial charge is 0.120 e. The van der Waals surface area contributed by atoms with Crippen LogP contribution in [0.25, 0.3) is 0 Å². The third-order valence-electron chi connectivity index (χ3n) is 3.07. The average molecular weight is 204 g/mol. The van der Waals surface area contributed by atoms with Gasteiger partial charge < -0.3 is 9.69 Å². The van der Waals surface area contributed by atoms with Crippen LogP contribution in [0.2, 0.25) is 0 Å². The first-order valence-corrected chi connectivity index (χ1v) is 5.49. The molecule has 1 saturated heterocycles. The normalized spacial score (nSPS) is 17.7. The molecule has 0 aromatic carbocycles. The maximum atomic E-state index is 10.4. The number of pyridine rings is 1. The minimum atomic E-state index is 0.598. The fourth-order valence-corrected chi connectivity index (χ4v) is 2.12. The molecule has 0 spiro atoms. The van der Waals surface area contributed by atoms with Crippen LogP contribution in [0.3, 0.4) is 0 Å². The van der Waals surface area contributed by atoms with E-state index in [1.165, 1.54) is 5.69 Å². The molecule has 15 heavy (non-hydrogen) atoms. The van der Waals surface area contributed by atoms with Gasteiger partial charge >= 0.3 is 0 Å². The van der Waals surface area contributed by atoms with E-state index in [2.05, 4.69) is 9.88 Å². The van der Waals surface area contributed by atoms with Gasteiger partial charge in [0, 0.05) is 37.6 Å². The molecule has 1 aromatic rings. The lowest BCUT2D eigenvalue weighted by molar-refractivity contribution is -0.108. The molecule has 0 N–H and O–H groups in total. The molecule has 0 aliphatic carbocycles. The molecule has 1 fully saturated rings. The summed E-state index contributed by atoms with van der Waals surface area (Å²) < 4.78 is 0. The van der Waals surface area contributed by atoms with Gasteiger partial charge in [0.15, 0.2) is 0 Å².